The lowest BCUT2D eigenvalue weighted by Crippen LogP contribution is -2.48. The molecule has 0 saturated heterocycles. The smallest absolute Gasteiger partial charge is 0.243 e. The van der Waals surface area contributed by atoms with Crippen LogP contribution in [0.3, 0.4) is 0 Å². The Kier molecular flexibility index (Phi) is 8.59. The van der Waals surface area contributed by atoms with Crippen molar-refractivity contribution in [2.24, 2.45) is 0 Å². The Labute approximate surface area is 178 Å². The van der Waals surface area contributed by atoms with E-state index < -0.39 is 16.1 Å². The van der Waals surface area contributed by atoms with E-state index in [-0.39, 0.29) is 5.91 Å². The zero-order chi connectivity index (χ0) is 21.4. The van der Waals surface area contributed by atoms with Crippen LogP contribution in [0.2, 0.25) is 0 Å². The molecule has 1 amide bonds. The monoisotopic (exact) mass is 434 g/mol. The van der Waals surface area contributed by atoms with Crippen molar-refractivity contribution in [2.75, 3.05) is 22.9 Å². The number of nitrogens with one attached hydrogen (secondary N) is 1. The molecule has 0 bridgehead atoms. The van der Waals surface area contributed by atoms with Gasteiger partial charge in [-0.2, -0.15) is 11.8 Å². The number of carbonyl (C=O) groups excluding carboxylic acids is 1. The minimum atomic E-state index is -3.59. The lowest BCUT2D eigenvalue weighted by molar-refractivity contribution is -0.121. The van der Waals surface area contributed by atoms with E-state index in [0.29, 0.717) is 12.2 Å². The van der Waals surface area contributed by atoms with Gasteiger partial charge in [-0.15, -0.1) is 0 Å². The Morgan fingerprint density at radius 3 is 2.38 bits per heavy atom. The second-order valence-corrected chi connectivity index (χ2v) is 9.99. The van der Waals surface area contributed by atoms with Crippen molar-refractivity contribution in [1.29, 1.82) is 0 Å². The number of amides is 1. The van der Waals surface area contributed by atoms with Gasteiger partial charge in [0.1, 0.15) is 6.04 Å². The highest BCUT2D eigenvalue weighted by molar-refractivity contribution is 7.98. The average molecular weight is 435 g/mol. The summed E-state index contributed by atoms with van der Waals surface area (Å²) < 4.78 is 25.9. The van der Waals surface area contributed by atoms with Crippen molar-refractivity contribution in [3.05, 3.63) is 65.2 Å². The van der Waals surface area contributed by atoms with Gasteiger partial charge in [0.15, 0.2) is 0 Å². The maximum absolute atomic E-state index is 12.6. The van der Waals surface area contributed by atoms with E-state index >= 15 is 0 Å². The fraction of sp³-hybridized carbons (Fsp3) is 0.409. The number of benzene rings is 2. The van der Waals surface area contributed by atoms with E-state index in [4.69, 9.17) is 0 Å². The molecule has 0 aliphatic heterocycles. The molecule has 0 aliphatic carbocycles. The van der Waals surface area contributed by atoms with Crippen LogP contribution in [-0.4, -0.2) is 38.9 Å². The number of carbonyl (C=O) groups is 1. The fourth-order valence-electron chi connectivity index (χ4n) is 3.04. The first-order valence-electron chi connectivity index (χ1n) is 9.72. The van der Waals surface area contributed by atoms with Crippen molar-refractivity contribution in [3.8, 4) is 0 Å². The van der Waals surface area contributed by atoms with E-state index in [2.05, 4.69) is 24.4 Å². The summed E-state index contributed by atoms with van der Waals surface area (Å²) in [5, 5.41) is 2.86. The first-order chi connectivity index (χ1) is 13.7. The summed E-state index contributed by atoms with van der Waals surface area (Å²) in [6.45, 7) is 6.24. The number of thioether (sulfide) groups is 1. The van der Waals surface area contributed by atoms with E-state index in [1.807, 2.05) is 31.2 Å². The van der Waals surface area contributed by atoms with Gasteiger partial charge in [-0.05, 0) is 49.1 Å². The van der Waals surface area contributed by atoms with Crippen molar-refractivity contribution >= 4 is 33.4 Å². The number of rotatable bonds is 10. The average Bonchev–Trinajstić information content (AvgIpc) is 2.68. The van der Waals surface area contributed by atoms with E-state index in [1.165, 1.54) is 15.4 Å². The standard InChI is InChI=1S/C22H30N2O3S2/c1-5-19-10-12-21(13-11-19)24(29(4,26)27)18(3)22(25)23-14-15-28-16-20-9-7-6-8-17(20)2/h6-13,18H,5,14-16H2,1-4H3,(H,23,25)/t18-/m1/s1. The normalized spacial score (nSPS) is 12.4. The SMILES string of the molecule is CCc1ccc(N([C@H](C)C(=O)NCCSCc2ccccc2C)S(C)(=O)=O)cc1. The number of anilines is 1. The molecule has 0 spiro atoms. The Bertz CT molecular complexity index is 912. The zero-order valence-electron chi connectivity index (χ0n) is 17.5. The number of nitrogens with zero attached hydrogens (tertiary/aromatic N) is 1. The Morgan fingerprint density at radius 1 is 1.14 bits per heavy atom. The van der Waals surface area contributed by atoms with Crippen LogP contribution in [-0.2, 0) is 27.0 Å². The largest absolute Gasteiger partial charge is 0.353 e. The van der Waals surface area contributed by atoms with Gasteiger partial charge in [-0.25, -0.2) is 8.42 Å². The molecule has 0 saturated carbocycles. The van der Waals surface area contributed by atoms with E-state index in [9.17, 15) is 13.2 Å². The summed E-state index contributed by atoms with van der Waals surface area (Å²) in [6, 6.07) is 14.7. The fourth-order valence-corrected chi connectivity index (χ4v) is 5.15. The summed E-state index contributed by atoms with van der Waals surface area (Å²) in [5.41, 5.74) is 4.16. The van der Waals surface area contributed by atoms with Gasteiger partial charge in [0.05, 0.1) is 11.9 Å². The minimum Gasteiger partial charge on any atom is -0.353 e. The van der Waals surface area contributed by atoms with E-state index in [1.54, 1.807) is 30.8 Å². The van der Waals surface area contributed by atoms with Crippen LogP contribution in [0.15, 0.2) is 48.5 Å². The molecule has 0 unspecified atom stereocenters. The van der Waals surface area contributed by atoms with Crippen molar-refractivity contribution < 1.29 is 13.2 Å². The third-order valence-corrected chi connectivity index (χ3v) is 7.00. The molecule has 158 valence electrons. The van der Waals surface area contributed by atoms with Gasteiger partial charge in [0.25, 0.3) is 0 Å². The summed E-state index contributed by atoms with van der Waals surface area (Å²) >= 11 is 1.74. The van der Waals surface area contributed by atoms with Crippen LogP contribution < -0.4 is 9.62 Å². The topological polar surface area (TPSA) is 66.5 Å². The predicted molar refractivity (Wildman–Crippen MR) is 123 cm³/mol. The summed E-state index contributed by atoms with van der Waals surface area (Å²) in [5.74, 6) is 1.35. The summed E-state index contributed by atoms with van der Waals surface area (Å²) in [7, 11) is -3.59. The van der Waals surface area contributed by atoms with E-state index in [0.717, 1.165) is 29.7 Å². The third kappa shape index (κ3) is 6.78. The molecule has 1 N–H and O–H groups in total. The van der Waals surface area contributed by atoms with Crippen molar-refractivity contribution in [1.82, 2.24) is 5.32 Å². The van der Waals surface area contributed by atoms with Gasteiger partial charge in [-0.1, -0.05) is 43.3 Å². The number of hydrogen-bond donors (Lipinski definition) is 1. The molecule has 5 nitrogen and oxygen atoms in total. The van der Waals surface area contributed by atoms with Gasteiger partial charge in [0.2, 0.25) is 15.9 Å². The Morgan fingerprint density at radius 2 is 1.79 bits per heavy atom. The van der Waals surface area contributed by atoms with Crippen molar-refractivity contribution in [3.63, 3.8) is 0 Å². The molecule has 2 aromatic rings. The molecular formula is C22H30N2O3S2. The highest BCUT2D eigenvalue weighted by Gasteiger charge is 2.28. The molecule has 0 heterocycles. The van der Waals surface area contributed by atoms with Gasteiger partial charge in [0, 0.05) is 18.1 Å². The lowest BCUT2D eigenvalue weighted by Gasteiger charge is -2.28. The molecule has 2 aromatic carbocycles. The molecule has 0 aliphatic rings. The quantitative estimate of drug-likeness (QED) is 0.578. The van der Waals surface area contributed by atoms with Crippen LogP contribution in [0.25, 0.3) is 0 Å². The highest BCUT2D eigenvalue weighted by atomic mass is 32.2. The number of hydrogen-bond acceptors (Lipinski definition) is 4. The number of aryl methyl sites for hydroxylation is 2. The molecule has 29 heavy (non-hydrogen) atoms. The maximum atomic E-state index is 12.6. The lowest BCUT2D eigenvalue weighted by atomic mass is 10.1. The molecule has 7 heteroatoms. The maximum Gasteiger partial charge on any atom is 0.243 e. The Balaban J connectivity index is 1.92. The molecule has 1 atom stereocenters. The predicted octanol–water partition coefficient (Wildman–Crippen LogP) is 3.76. The molecule has 0 aromatic heterocycles. The molecule has 2 rings (SSSR count). The number of sulfonamides is 1. The third-order valence-electron chi connectivity index (χ3n) is 4.75. The van der Waals surface area contributed by atoms with Crippen molar-refractivity contribution in [2.45, 2.75) is 39.0 Å². The Hall–Kier alpha value is -1.99. The zero-order valence-corrected chi connectivity index (χ0v) is 19.1. The molecule has 0 fully saturated rings. The molecule has 0 radical (unpaired) electrons. The first kappa shape index (κ1) is 23.3. The van der Waals surface area contributed by atoms with Gasteiger partial charge >= 0.3 is 0 Å². The first-order valence-corrected chi connectivity index (χ1v) is 12.7. The minimum absolute atomic E-state index is 0.300. The second-order valence-electron chi connectivity index (χ2n) is 7.02. The van der Waals surface area contributed by atoms with Gasteiger partial charge in [-0.3, -0.25) is 9.10 Å². The van der Waals surface area contributed by atoms with Crippen LogP contribution in [0.5, 0.6) is 0 Å². The summed E-state index contributed by atoms with van der Waals surface area (Å²) in [6.07, 6.45) is 2.00. The van der Waals surface area contributed by atoms with Crippen LogP contribution in [0, 0.1) is 6.92 Å². The second kappa shape index (κ2) is 10.7. The van der Waals surface area contributed by atoms with Crippen LogP contribution >= 0.6 is 11.8 Å². The summed E-state index contributed by atoms with van der Waals surface area (Å²) in [4.78, 5) is 12.6. The molecular weight excluding hydrogens is 404 g/mol. The van der Waals surface area contributed by atoms with Gasteiger partial charge < -0.3 is 5.32 Å². The highest BCUT2D eigenvalue weighted by Crippen LogP contribution is 2.22. The van der Waals surface area contributed by atoms with Crippen LogP contribution in [0.1, 0.15) is 30.5 Å². The van der Waals surface area contributed by atoms with Crippen LogP contribution in [0.4, 0.5) is 5.69 Å².